The van der Waals surface area contributed by atoms with E-state index >= 15 is 0 Å². The first-order valence-electron chi connectivity index (χ1n) is 11.5. The van der Waals surface area contributed by atoms with E-state index in [0.717, 1.165) is 40.1 Å². The lowest BCUT2D eigenvalue weighted by Crippen LogP contribution is -2.14. The average molecular weight is 518 g/mol. The van der Waals surface area contributed by atoms with Gasteiger partial charge in [0.25, 0.3) is 5.91 Å². The van der Waals surface area contributed by atoms with E-state index in [9.17, 15) is 18.0 Å². The van der Waals surface area contributed by atoms with Gasteiger partial charge in [-0.2, -0.15) is 13.2 Å². The number of hydrogen-bond acceptors (Lipinski definition) is 5. The molecule has 38 heavy (non-hydrogen) atoms. The molecule has 1 amide bonds. The summed E-state index contributed by atoms with van der Waals surface area (Å²) in [4.78, 5) is 21.9. The number of ether oxygens (including phenoxy) is 1. The van der Waals surface area contributed by atoms with Crippen molar-refractivity contribution in [2.24, 2.45) is 7.05 Å². The zero-order valence-electron chi connectivity index (χ0n) is 20.4. The Morgan fingerprint density at radius 2 is 1.76 bits per heavy atom. The van der Waals surface area contributed by atoms with Gasteiger partial charge in [0.15, 0.2) is 0 Å². The summed E-state index contributed by atoms with van der Waals surface area (Å²) in [6.45, 7) is 0. The summed E-state index contributed by atoms with van der Waals surface area (Å²) >= 11 is 0. The van der Waals surface area contributed by atoms with Gasteiger partial charge in [-0.15, -0.1) is 0 Å². The lowest BCUT2D eigenvalue weighted by molar-refractivity contribution is -0.137. The first-order chi connectivity index (χ1) is 18.2. The molecule has 10 heteroatoms. The van der Waals surface area contributed by atoms with Crippen LogP contribution in [0.1, 0.15) is 15.9 Å². The Morgan fingerprint density at radius 3 is 2.50 bits per heavy atom. The van der Waals surface area contributed by atoms with Crippen molar-refractivity contribution >= 4 is 34.0 Å². The summed E-state index contributed by atoms with van der Waals surface area (Å²) in [6.07, 6.45) is 0.766. The number of alkyl halides is 3. The number of nitrogens with one attached hydrogen (secondary N) is 2. The fourth-order valence-corrected chi connectivity index (χ4v) is 4.10. The normalized spacial score (nSPS) is 11.4. The van der Waals surface area contributed by atoms with Crippen LogP contribution in [0.15, 0.2) is 85.3 Å². The minimum Gasteiger partial charge on any atom is -0.496 e. The fourth-order valence-electron chi connectivity index (χ4n) is 4.10. The molecule has 2 N–H and O–H groups in total. The van der Waals surface area contributed by atoms with E-state index in [2.05, 4.69) is 15.6 Å². The van der Waals surface area contributed by atoms with Crippen LogP contribution in [0.2, 0.25) is 0 Å². The molecule has 192 valence electrons. The Bertz CT molecular complexity index is 1630. The number of nitrogens with zero attached hydrogens (tertiary/aromatic N) is 3. The van der Waals surface area contributed by atoms with E-state index in [1.807, 2.05) is 42.1 Å². The smallest absolute Gasteiger partial charge is 0.416 e. The summed E-state index contributed by atoms with van der Waals surface area (Å²) in [5, 5.41) is 6.76. The molecule has 2 aromatic carbocycles. The first-order valence-corrected chi connectivity index (χ1v) is 11.5. The van der Waals surface area contributed by atoms with Crippen molar-refractivity contribution in [1.82, 2.24) is 14.5 Å². The third-order valence-corrected chi connectivity index (χ3v) is 5.98. The highest BCUT2D eigenvalue weighted by atomic mass is 19.4. The second-order valence-corrected chi connectivity index (χ2v) is 8.53. The van der Waals surface area contributed by atoms with Crippen LogP contribution in [-0.2, 0) is 13.2 Å². The van der Waals surface area contributed by atoms with Gasteiger partial charge < -0.3 is 19.9 Å². The van der Waals surface area contributed by atoms with Crippen LogP contribution in [0, 0.1) is 0 Å². The Balaban J connectivity index is 1.49. The number of carbonyl (C=O) groups is 1. The lowest BCUT2D eigenvalue weighted by atomic mass is 10.1. The van der Waals surface area contributed by atoms with Crippen LogP contribution in [-0.4, -0.2) is 27.6 Å². The molecule has 0 aliphatic heterocycles. The summed E-state index contributed by atoms with van der Waals surface area (Å²) in [5.41, 5.74) is 3.05. The van der Waals surface area contributed by atoms with Crippen LogP contribution >= 0.6 is 0 Å². The third-order valence-electron chi connectivity index (χ3n) is 5.98. The van der Waals surface area contributed by atoms with Crippen LogP contribution in [0.5, 0.6) is 5.75 Å². The lowest BCUT2D eigenvalue weighted by Gasteiger charge is -2.15. The largest absolute Gasteiger partial charge is 0.496 e. The number of methoxy groups -OCH3 is 1. The maximum Gasteiger partial charge on any atom is 0.416 e. The zero-order valence-corrected chi connectivity index (χ0v) is 20.4. The molecule has 3 heterocycles. The van der Waals surface area contributed by atoms with Gasteiger partial charge in [-0.05, 0) is 60.7 Å². The zero-order chi connectivity index (χ0) is 26.9. The van der Waals surface area contributed by atoms with Crippen molar-refractivity contribution in [3.63, 3.8) is 0 Å². The molecule has 3 aromatic heterocycles. The van der Waals surface area contributed by atoms with Crippen molar-refractivity contribution in [3.8, 4) is 17.0 Å². The van der Waals surface area contributed by atoms with E-state index < -0.39 is 17.6 Å². The standard InChI is InChI=1S/C28H22F3N5O2/c1-36-13-10-21-24(16-23(35-26(21)36)17-8-11-32-12-9-17)33-20-6-7-25(38-2)22(15-20)27(37)34-19-5-3-4-18(14-19)28(29,30)31/h3-16H,1-2H3,(H,33,35)(H,34,37). The second kappa shape index (κ2) is 9.89. The number of benzene rings is 2. The second-order valence-electron chi connectivity index (χ2n) is 8.53. The summed E-state index contributed by atoms with van der Waals surface area (Å²) in [7, 11) is 3.32. The topological polar surface area (TPSA) is 81.1 Å². The van der Waals surface area contributed by atoms with E-state index in [0.29, 0.717) is 5.69 Å². The molecule has 0 aliphatic rings. The number of carbonyl (C=O) groups excluding carboxylic acids is 1. The van der Waals surface area contributed by atoms with Crippen LogP contribution in [0.25, 0.3) is 22.3 Å². The number of halogens is 3. The number of hydrogen-bond donors (Lipinski definition) is 2. The van der Waals surface area contributed by atoms with Crippen molar-refractivity contribution in [1.29, 1.82) is 0 Å². The monoisotopic (exact) mass is 517 g/mol. The predicted octanol–water partition coefficient (Wildman–Crippen LogP) is 6.66. The maximum absolute atomic E-state index is 13.1. The van der Waals surface area contributed by atoms with Gasteiger partial charge in [0.05, 0.1) is 29.6 Å². The predicted molar refractivity (Wildman–Crippen MR) is 140 cm³/mol. The minimum atomic E-state index is -4.52. The molecule has 0 atom stereocenters. The Kier molecular flexibility index (Phi) is 6.46. The van der Waals surface area contributed by atoms with E-state index in [1.54, 1.807) is 30.6 Å². The average Bonchev–Trinajstić information content (AvgIpc) is 3.29. The van der Waals surface area contributed by atoms with Gasteiger partial charge in [0, 0.05) is 48.0 Å². The maximum atomic E-state index is 13.1. The van der Waals surface area contributed by atoms with Gasteiger partial charge in [-0.3, -0.25) is 9.78 Å². The van der Waals surface area contributed by atoms with Gasteiger partial charge in [0.2, 0.25) is 0 Å². The molecule has 7 nitrogen and oxygen atoms in total. The molecule has 0 spiro atoms. The first kappa shape index (κ1) is 24.8. The Hall–Kier alpha value is -4.86. The molecular weight excluding hydrogens is 495 g/mol. The van der Waals surface area contributed by atoms with Crippen molar-refractivity contribution < 1.29 is 22.7 Å². The quantitative estimate of drug-likeness (QED) is 0.263. The number of pyridine rings is 2. The highest BCUT2D eigenvalue weighted by Crippen LogP contribution is 2.33. The van der Waals surface area contributed by atoms with Gasteiger partial charge >= 0.3 is 6.18 Å². The highest BCUT2D eigenvalue weighted by Gasteiger charge is 2.30. The Labute approximate surface area is 215 Å². The molecule has 0 fully saturated rings. The summed E-state index contributed by atoms with van der Waals surface area (Å²) in [5.74, 6) is -0.334. The van der Waals surface area contributed by atoms with Crippen molar-refractivity contribution in [3.05, 3.63) is 96.4 Å². The van der Waals surface area contributed by atoms with Crippen LogP contribution < -0.4 is 15.4 Å². The molecule has 0 radical (unpaired) electrons. The molecule has 0 saturated heterocycles. The number of fused-ring (bicyclic) bond motifs is 1. The molecule has 0 bridgehead atoms. The number of anilines is 3. The molecule has 0 aliphatic carbocycles. The molecule has 5 rings (SSSR count). The van der Waals surface area contributed by atoms with E-state index in [-0.39, 0.29) is 17.0 Å². The molecule has 0 unspecified atom stereocenters. The third kappa shape index (κ3) is 5.01. The van der Waals surface area contributed by atoms with Crippen LogP contribution in [0.3, 0.4) is 0 Å². The van der Waals surface area contributed by atoms with E-state index in [1.165, 1.54) is 19.2 Å². The minimum absolute atomic E-state index is 0.0207. The molecule has 5 aromatic rings. The van der Waals surface area contributed by atoms with E-state index in [4.69, 9.17) is 9.72 Å². The number of rotatable bonds is 6. The van der Waals surface area contributed by atoms with Gasteiger partial charge in [-0.1, -0.05) is 6.07 Å². The fraction of sp³-hybridized carbons (Fsp3) is 0.107. The SMILES string of the molecule is COc1ccc(Nc2cc(-c3ccncc3)nc3c2ccn3C)cc1C(=O)Nc1cccc(C(F)(F)F)c1. The number of amides is 1. The van der Waals surface area contributed by atoms with Crippen molar-refractivity contribution in [2.45, 2.75) is 6.18 Å². The highest BCUT2D eigenvalue weighted by molar-refractivity contribution is 6.07. The van der Waals surface area contributed by atoms with Gasteiger partial charge in [-0.25, -0.2) is 4.98 Å². The molecular formula is C28H22F3N5O2. The Morgan fingerprint density at radius 1 is 0.974 bits per heavy atom. The number of aromatic nitrogens is 3. The van der Waals surface area contributed by atoms with Gasteiger partial charge in [0.1, 0.15) is 11.4 Å². The molecule has 0 saturated carbocycles. The van der Waals surface area contributed by atoms with Crippen LogP contribution in [0.4, 0.5) is 30.2 Å². The summed E-state index contributed by atoms with van der Waals surface area (Å²) < 4.78 is 46.6. The number of aryl methyl sites for hydroxylation is 1. The summed E-state index contributed by atoms with van der Waals surface area (Å²) in [6, 6.07) is 17.0. The van der Waals surface area contributed by atoms with Crippen molar-refractivity contribution in [2.75, 3.05) is 17.7 Å².